The molecular formula is C20H14Cl2N2O6S2. The summed E-state index contributed by atoms with van der Waals surface area (Å²) in [6.07, 6.45) is 0. The Morgan fingerprint density at radius 2 is 1.81 bits per heavy atom. The van der Waals surface area contributed by atoms with E-state index in [1.54, 1.807) is 12.1 Å². The van der Waals surface area contributed by atoms with Gasteiger partial charge in [0.15, 0.2) is 0 Å². The summed E-state index contributed by atoms with van der Waals surface area (Å²) in [4.78, 5) is 22.8. The number of anilines is 1. The SMILES string of the molecule is Cc1cccc(NS(=O)(=O)c2ccc(Sc3ccc(Cl)c(Cl)c3)c([N+](=O)[O-])c2)c1C(=O)O. The molecule has 0 radical (unpaired) electrons. The molecule has 0 amide bonds. The largest absolute Gasteiger partial charge is 0.478 e. The molecule has 3 rings (SSSR count). The second kappa shape index (κ2) is 9.37. The van der Waals surface area contributed by atoms with Crippen molar-refractivity contribution in [2.45, 2.75) is 21.6 Å². The number of nitrogens with zero attached hydrogens (tertiary/aromatic N) is 1. The van der Waals surface area contributed by atoms with E-state index in [0.717, 1.165) is 17.8 Å². The van der Waals surface area contributed by atoms with Crippen molar-refractivity contribution >= 4 is 62.3 Å². The molecule has 0 heterocycles. The molecular weight excluding hydrogens is 499 g/mol. The lowest BCUT2D eigenvalue weighted by Crippen LogP contribution is -2.16. The number of carbonyl (C=O) groups is 1. The molecule has 0 spiro atoms. The van der Waals surface area contributed by atoms with Crippen LogP contribution in [0.5, 0.6) is 0 Å². The quantitative estimate of drug-likeness (QED) is 0.299. The number of sulfonamides is 1. The summed E-state index contributed by atoms with van der Waals surface area (Å²) < 4.78 is 27.9. The Hall–Kier alpha value is -2.79. The van der Waals surface area contributed by atoms with Crippen LogP contribution < -0.4 is 4.72 Å². The number of halogens is 2. The van der Waals surface area contributed by atoms with Gasteiger partial charge in [-0.3, -0.25) is 14.8 Å². The maximum Gasteiger partial charge on any atom is 0.338 e. The number of nitro benzene ring substituents is 1. The number of benzene rings is 3. The summed E-state index contributed by atoms with van der Waals surface area (Å²) in [5, 5.41) is 21.6. The van der Waals surface area contributed by atoms with Crippen LogP contribution in [0.3, 0.4) is 0 Å². The predicted octanol–water partition coefficient (Wildman–Crippen LogP) is 5.86. The van der Waals surface area contributed by atoms with Crippen molar-refractivity contribution in [1.29, 1.82) is 0 Å². The molecule has 32 heavy (non-hydrogen) atoms. The van der Waals surface area contributed by atoms with E-state index in [4.69, 9.17) is 23.2 Å². The minimum Gasteiger partial charge on any atom is -0.478 e. The monoisotopic (exact) mass is 512 g/mol. The lowest BCUT2D eigenvalue weighted by Gasteiger charge is -2.13. The van der Waals surface area contributed by atoms with Crippen molar-refractivity contribution in [3.63, 3.8) is 0 Å². The molecule has 0 unspecified atom stereocenters. The predicted molar refractivity (Wildman–Crippen MR) is 123 cm³/mol. The fourth-order valence-corrected chi connectivity index (χ4v) is 5.20. The fourth-order valence-electron chi connectivity index (χ4n) is 2.80. The average molecular weight is 513 g/mol. The summed E-state index contributed by atoms with van der Waals surface area (Å²) in [5.41, 5.74) is -0.435. The summed E-state index contributed by atoms with van der Waals surface area (Å²) in [7, 11) is -4.31. The van der Waals surface area contributed by atoms with Crippen molar-refractivity contribution in [2.24, 2.45) is 0 Å². The molecule has 0 bridgehead atoms. The van der Waals surface area contributed by atoms with Crippen LogP contribution in [0.1, 0.15) is 15.9 Å². The maximum absolute atomic E-state index is 12.8. The van der Waals surface area contributed by atoms with E-state index in [9.17, 15) is 28.4 Å². The van der Waals surface area contributed by atoms with E-state index in [1.165, 1.54) is 43.3 Å². The zero-order valence-electron chi connectivity index (χ0n) is 16.2. The molecule has 0 aliphatic carbocycles. The number of nitrogens with one attached hydrogen (secondary N) is 1. The zero-order chi connectivity index (χ0) is 23.6. The van der Waals surface area contributed by atoms with Crippen molar-refractivity contribution in [2.75, 3.05) is 4.72 Å². The average Bonchev–Trinajstić information content (AvgIpc) is 2.70. The van der Waals surface area contributed by atoms with Gasteiger partial charge in [-0.05, 0) is 48.9 Å². The summed E-state index contributed by atoms with van der Waals surface area (Å²) in [5.74, 6) is -1.31. The molecule has 166 valence electrons. The van der Waals surface area contributed by atoms with Crippen LogP contribution in [-0.2, 0) is 10.0 Å². The first kappa shape index (κ1) is 23.9. The van der Waals surface area contributed by atoms with Crippen LogP contribution in [0.2, 0.25) is 10.0 Å². The Kier molecular flexibility index (Phi) is 6.99. The minimum atomic E-state index is -4.31. The highest BCUT2D eigenvalue weighted by Gasteiger charge is 2.24. The topological polar surface area (TPSA) is 127 Å². The van der Waals surface area contributed by atoms with Crippen LogP contribution in [0.15, 0.2) is 69.3 Å². The van der Waals surface area contributed by atoms with Gasteiger partial charge >= 0.3 is 5.97 Å². The van der Waals surface area contributed by atoms with Crippen molar-refractivity contribution in [1.82, 2.24) is 0 Å². The van der Waals surface area contributed by atoms with Gasteiger partial charge in [-0.15, -0.1) is 0 Å². The minimum absolute atomic E-state index is 0.144. The highest BCUT2D eigenvalue weighted by atomic mass is 35.5. The Balaban J connectivity index is 1.99. The third-order valence-corrected chi connectivity index (χ3v) is 7.44. The van der Waals surface area contributed by atoms with Crippen molar-refractivity contribution in [3.8, 4) is 0 Å². The molecule has 3 aromatic rings. The lowest BCUT2D eigenvalue weighted by molar-refractivity contribution is -0.388. The highest BCUT2D eigenvalue weighted by Crippen LogP contribution is 2.38. The molecule has 0 aliphatic rings. The third kappa shape index (κ3) is 5.16. The van der Waals surface area contributed by atoms with Gasteiger partial charge in [-0.25, -0.2) is 13.2 Å². The van der Waals surface area contributed by atoms with Crippen LogP contribution in [0.4, 0.5) is 11.4 Å². The van der Waals surface area contributed by atoms with Gasteiger partial charge in [0.05, 0.1) is 36.0 Å². The van der Waals surface area contributed by atoms with Crippen molar-refractivity contribution in [3.05, 3.63) is 85.9 Å². The van der Waals surface area contributed by atoms with Crippen molar-refractivity contribution < 1.29 is 23.2 Å². The Morgan fingerprint density at radius 3 is 2.44 bits per heavy atom. The molecule has 8 nitrogen and oxygen atoms in total. The first-order valence-corrected chi connectivity index (χ1v) is 11.8. The third-order valence-electron chi connectivity index (χ3n) is 4.29. The normalized spacial score (nSPS) is 11.2. The highest BCUT2D eigenvalue weighted by molar-refractivity contribution is 7.99. The van der Waals surface area contributed by atoms with Gasteiger partial charge in [0.25, 0.3) is 15.7 Å². The van der Waals surface area contributed by atoms with Gasteiger partial charge in [0, 0.05) is 11.0 Å². The molecule has 2 N–H and O–H groups in total. The van der Waals surface area contributed by atoms with E-state index >= 15 is 0 Å². The molecule has 0 atom stereocenters. The van der Waals surface area contributed by atoms with Gasteiger partial charge in [-0.2, -0.15) is 0 Å². The van der Waals surface area contributed by atoms with Crippen LogP contribution in [0.25, 0.3) is 0 Å². The van der Waals surface area contributed by atoms with Crippen LogP contribution >= 0.6 is 35.0 Å². The molecule has 0 fully saturated rings. The molecule has 0 saturated carbocycles. The van der Waals surface area contributed by atoms with Gasteiger partial charge in [0.1, 0.15) is 0 Å². The number of rotatable bonds is 7. The van der Waals surface area contributed by atoms with Crippen LogP contribution in [-0.4, -0.2) is 24.4 Å². The lowest BCUT2D eigenvalue weighted by atomic mass is 10.1. The van der Waals surface area contributed by atoms with E-state index in [1.807, 2.05) is 0 Å². The molecule has 0 saturated heterocycles. The molecule has 0 aromatic heterocycles. The number of carboxylic acids is 1. The first-order chi connectivity index (χ1) is 15.0. The summed E-state index contributed by atoms with van der Waals surface area (Å²) >= 11 is 12.9. The zero-order valence-corrected chi connectivity index (χ0v) is 19.3. The van der Waals surface area contributed by atoms with E-state index in [0.29, 0.717) is 15.5 Å². The number of hydrogen-bond donors (Lipinski definition) is 2. The number of hydrogen-bond acceptors (Lipinski definition) is 6. The fraction of sp³-hybridized carbons (Fsp3) is 0.0500. The van der Waals surface area contributed by atoms with Gasteiger partial charge in [0.2, 0.25) is 0 Å². The first-order valence-electron chi connectivity index (χ1n) is 8.76. The summed E-state index contributed by atoms with van der Waals surface area (Å²) in [6, 6.07) is 12.5. The number of aryl methyl sites for hydroxylation is 1. The standard InChI is InChI=1S/C20H14Cl2N2O6S2/c1-11-3-2-4-16(19(11)20(25)26)23-32(29,30)13-6-8-18(17(10-13)24(27)28)31-12-5-7-14(21)15(22)9-12/h2-10,23H,1H3,(H,25,26). The summed E-state index contributed by atoms with van der Waals surface area (Å²) in [6.45, 7) is 1.53. The molecule has 0 aliphatic heterocycles. The van der Waals surface area contributed by atoms with Gasteiger partial charge < -0.3 is 5.11 Å². The van der Waals surface area contributed by atoms with Gasteiger partial charge in [-0.1, -0.05) is 47.1 Å². The number of nitro groups is 1. The second-order valence-electron chi connectivity index (χ2n) is 6.47. The Labute approximate surface area is 197 Å². The van der Waals surface area contributed by atoms with E-state index in [2.05, 4.69) is 4.72 Å². The number of aromatic carboxylic acids is 1. The smallest absolute Gasteiger partial charge is 0.338 e. The van der Waals surface area contributed by atoms with E-state index < -0.39 is 26.6 Å². The Bertz CT molecular complexity index is 1350. The second-order valence-corrected chi connectivity index (χ2v) is 10.1. The Morgan fingerprint density at radius 1 is 1.09 bits per heavy atom. The maximum atomic E-state index is 12.8. The molecule has 3 aromatic carbocycles. The van der Waals surface area contributed by atoms with E-state index in [-0.39, 0.29) is 26.1 Å². The number of carboxylic acid groups (broad SMARTS) is 1. The molecule has 12 heteroatoms. The van der Waals surface area contributed by atoms with Crippen LogP contribution in [0, 0.1) is 17.0 Å².